The Morgan fingerprint density at radius 1 is 0.882 bits per heavy atom. The standard InChI is InChI=1S/C25H28N2O6S/c1-6-31-23(28)18-13-34-22(27-18)17-12-10-9-11-16(17)21-19(24(29)32-7-2)14(4)26-15(5)20(21)25(30)33-8-3/h9-13,21,26H,6-8H2,1-5H3. The van der Waals surface area contributed by atoms with E-state index in [1.54, 1.807) is 40.0 Å². The largest absolute Gasteiger partial charge is 0.463 e. The Morgan fingerprint density at radius 2 is 1.41 bits per heavy atom. The number of thiazole rings is 1. The molecule has 3 rings (SSSR count). The first-order valence-electron chi connectivity index (χ1n) is 11.1. The van der Waals surface area contributed by atoms with Crippen LogP contribution in [0.3, 0.4) is 0 Å². The van der Waals surface area contributed by atoms with Crippen LogP contribution in [0.5, 0.6) is 0 Å². The lowest BCUT2D eigenvalue weighted by Gasteiger charge is -2.31. The number of dihydropyridines is 1. The predicted octanol–water partition coefficient (Wildman–Crippen LogP) is 4.35. The highest BCUT2D eigenvalue weighted by atomic mass is 32.1. The van der Waals surface area contributed by atoms with Crippen molar-refractivity contribution < 1.29 is 28.6 Å². The maximum atomic E-state index is 13.1. The van der Waals surface area contributed by atoms with Crippen LogP contribution in [-0.4, -0.2) is 42.7 Å². The molecular formula is C25H28N2O6S. The normalized spacial score (nSPS) is 14.0. The van der Waals surface area contributed by atoms with Crippen molar-refractivity contribution in [2.24, 2.45) is 0 Å². The Labute approximate surface area is 202 Å². The number of allylic oxidation sites excluding steroid dienone is 2. The Morgan fingerprint density at radius 3 is 1.97 bits per heavy atom. The van der Waals surface area contributed by atoms with Gasteiger partial charge in [0, 0.05) is 22.3 Å². The highest BCUT2D eigenvalue weighted by Gasteiger charge is 2.39. The van der Waals surface area contributed by atoms with Crippen molar-refractivity contribution in [2.45, 2.75) is 40.5 Å². The lowest BCUT2D eigenvalue weighted by molar-refractivity contribution is -0.139. The zero-order valence-corrected chi connectivity index (χ0v) is 20.7. The number of esters is 3. The van der Waals surface area contributed by atoms with Gasteiger partial charge in [0.1, 0.15) is 5.01 Å². The number of carbonyl (C=O) groups excluding carboxylic acids is 3. The molecule has 9 heteroatoms. The Hall–Kier alpha value is -3.46. The predicted molar refractivity (Wildman–Crippen MR) is 128 cm³/mol. The summed E-state index contributed by atoms with van der Waals surface area (Å²) in [5.74, 6) is -2.29. The van der Waals surface area contributed by atoms with Gasteiger partial charge in [-0.1, -0.05) is 24.3 Å². The number of hydrogen-bond donors (Lipinski definition) is 1. The lowest BCUT2D eigenvalue weighted by Crippen LogP contribution is -2.32. The van der Waals surface area contributed by atoms with Gasteiger partial charge in [-0.05, 0) is 40.2 Å². The molecule has 1 aliphatic heterocycles. The zero-order chi connectivity index (χ0) is 24.8. The number of aromatic nitrogens is 1. The van der Waals surface area contributed by atoms with Crippen molar-refractivity contribution in [3.8, 4) is 10.6 Å². The van der Waals surface area contributed by atoms with E-state index in [1.807, 2.05) is 24.3 Å². The number of nitrogens with zero attached hydrogens (tertiary/aromatic N) is 1. The monoisotopic (exact) mass is 484 g/mol. The first-order chi connectivity index (χ1) is 16.3. The van der Waals surface area contributed by atoms with Gasteiger partial charge < -0.3 is 19.5 Å². The number of nitrogens with one attached hydrogen (secondary N) is 1. The van der Waals surface area contributed by atoms with Gasteiger partial charge >= 0.3 is 17.9 Å². The fraction of sp³-hybridized carbons (Fsp3) is 0.360. The molecule has 1 aromatic heterocycles. The summed E-state index contributed by atoms with van der Waals surface area (Å²) in [6.07, 6.45) is 0. The molecule has 0 radical (unpaired) electrons. The summed E-state index contributed by atoms with van der Waals surface area (Å²) in [6, 6.07) is 7.36. The van der Waals surface area contributed by atoms with Gasteiger partial charge in [-0.15, -0.1) is 11.3 Å². The molecule has 0 saturated carbocycles. The van der Waals surface area contributed by atoms with Gasteiger partial charge in [-0.2, -0.15) is 0 Å². The first kappa shape index (κ1) is 25.2. The topological polar surface area (TPSA) is 104 Å². The minimum atomic E-state index is -0.745. The van der Waals surface area contributed by atoms with Crippen molar-refractivity contribution in [3.63, 3.8) is 0 Å². The molecule has 2 heterocycles. The van der Waals surface area contributed by atoms with Gasteiger partial charge in [0.2, 0.25) is 0 Å². The number of rotatable bonds is 8. The third-order valence-electron chi connectivity index (χ3n) is 5.24. The molecule has 2 aromatic rings. The van der Waals surface area contributed by atoms with E-state index in [1.165, 1.54) is 11.3 Å². The van der Waals surface area contributed by atoms with Crippen LogP contribution in [0.2, 0.25) is 0 Å². The maximum absolute atomic E-state index is 13.1. The Balaban J connectivity index is 2.21. The molecule has 34 heavy (non-hydrogen) atoms. The van der Waals surface area contributed by atoms with Crippen molar-refractivity contribution in [1.29, 1.82) is 0 Å². The summed E-state index contributed by atoms with van der Waals surface area (Å²) in [7, 11) is 0. The summed E-state index contributed by atoms with van der Waals surface area (Å²) in [5.41, 5.74) is 3.41. The second-order valence-corrected chi connectivity index (χ2v) is 8.28. The Bertz CT molecular complexity index is 1120. The van der Waals surface area contributed by atoms with E-state index in [0.717, 1.165) is 0 Å². The van der Waals surface area contributed by atoms with Crippen LogP contribution >= 0.6 is 11.3 Å². The van der Waals surface area contributed by atoms with Crippen LogP contribution in [0.1, 0.15) is 56.6 Å². The number of ether oxygens (including phenoxy) is 3. The molecule has 8 nitrogen and oxygen atoms in total. The molecule has 1 N–H and O–H groups in total. The van der Waals surface area contributed by atoms with E-state index in [2.05, 4.69) is 10.3 Å². The molecule has 1 aliphatic rings. The van der Waals surface area contributed by atoms with Crippen molar-refractivity contribution in [2.75, 3.05) is 19.8 Å². The van der Waals surface area contributed by atoms with Crippen molar-refractivity contribution in [3.05, 3.63) is 63.4 Å². The molecule has 0 bridgehead atoms. The smallest absolute Gasteiger partial charge is 0.357 e. The third kappa shape index (κ3) is 5.04. The van der Waals surface area contributed by atoms with E-state index in [-0.39, 0.29) is 25.5 Å². The van der Waals surface area contributed by atoms with Crippen LogP contribution in [0, 0.1) is 0 Å². The van der Waals surface area contributed by atoms with Crippen molar-refractivity contribution in [1.82, 2.24) is 10.3 Å². The molecule has 180 valence electrons. The molecule has 0 fully saturated rings. The minimum Gasteiger partial charge on any atom is -0.463 e. The van der Waals surface area contributed by atoms with Gasteiger partial charge in [0.25, 0.3) is 0 Å². The van der Waals surface area contributed by atoms with Gasteiger partial charge in [-0.25, -0.2) is 19.4 Å². The molecule has 1 aromatic carbocycles. The highest BCUT2D eigenvalue weighted by Crippen LogP contribution is 2.43. The second kappa shape index (κ2) is 11.1. The lowest BCUT2D eigenvalue weighted by atomic mass is 9.78. The van der Waals surface area contributed by atoms with Crippen LogP contribution in [0.25, 0.3) is 10.6 Å². The summed E-state index contributed by atoms with van der Waals surface area (Å²) >= 11 is 1.28. The molecule has 0 saturated heterocycles. The SMILES string of the molecule is CCOC(=O)C1=C(C)NC(C)=C(C(=O)OCC)C1c1ccccc1-c1nc(C(=O)OCC)cs1. The zero-order valence-electron chi connectivity index (χ0n) is 19.9. The van der Waals surface area contributed by atoms with Crippen LogP contribution in [0.4, 0.5) is 0 Å². The van der Waals surface area contributed by atoms with E-state index in [4.69, 9.17) is 14.2 Å². The number of carbonyl (C=O) groups is 3. The average molecular weight is 485 g/mol. The second-order valence-electron chi connectivity index (χ2n) is 7.42. The summed E-state index contributed by atoms with van der Waals surface area (Å²) in [6.45, 7) is 9.37. The fourth-order valence-electron chi connectivity index (χ4n) is 3.90. The molecule has 0 unspecified atom stereocenters. The van der Waals surface area contributed by atoms with Gasteiger partial charge in [0.05, 0.1) is 36.9 Å². The van der Waals surface area contributed by atoms with Gasteiger partial charge in [0.15, 0.2) is 5.69 Å². The number of benzene rings is 1. The fourth-order valence-corrected chi connectivity index (χ4v) is 4.74. The van der Waals surface area contributed by atoms with Crippen LogP contribution < -0.4 is 5.32 Å². The molecule has 0 amide bonds. The van der Waals surface area contributed by atoms with Crippen LogP contribution in [-0.2, 0) is 23.8 Å². The summed E-state index contributed by atoms with van der Waals surface area (Å²) < 4.78 is 15.8. The van der Waals surface area contributed by atoms with E-state index < -0.39 is 23.8 Å². The quantitative estimate of drug-likeness (QED) is 0.436. The Kier molecular flexibility index (Phi) is 8.22. The van der Waals surface area contributed by atoms with E-state index in [9.17, 15) is 14.4 Å². The molecule has 0 atom stereocenters. The first-order valence-corrected chi connectivity index (χ1v) is 12.0. The minimum absolute atomic E-state index is 0.191. The van der Waals surface area contributed by atoms with Gasteiger partial charge in [-0.3, -0.25) is 0 Å². The summed E-state index contributed by atoms with van der Waals surface area (Å²) in [4.78, 5) is 42.8. The average Bonchev–Trinajstić information content (AvgIpc) is 3.29. The molecule has 0 spiro atoms. The van der Waals surface area contributed by atoms with Crippen LogP contribution in [0.15, 0.2) is 52.2 Å². The van der Waals surface area contributed by atoms with E-state index in [0.29, 0.717) is 38.7 Å². The highest BCUT2D eigenvalue weighted by molar-refractivity contribution is 7.13. The molecular weight excluding hydrogens is 456 g/mol. The maximum Gasteiger partial charge on any atom is 0.357 e. The van der Waals surface area contributed by atoms with E-state index >= 15 is 0 Å². The molecule has 0 aliphatic carbocycles. The number of hydrogen-bond acceptors (Lipinski definition) is 9. The third-order valence-corrected chi connectivity index (χ3v) is 6.12. The van der Waals surface area contributed by atoms with Crippen molar-refractivity contribution >= 4 is 29.2 Å². The summed E-state index contributed by atoms with van der Waals surface area (Å²) in [5, 5.41) is 5.33.